The zero-order valence-corrected chi connectivity index (χ0v) is 18.5. The van der Waals surface area contributed by atoms with Gasteiger partial charge in [0.2, 0.25) is 0 Å². The van der Waals surface area contributed by atoms with Crippen molar-refractivity contribution >= 4 is 17.7 Å². The molecule has 0 aliphatic carbocycles. The molecule has 156 valence electrons. The first-order valence-electron chi connectivity index (χ1n) is 10.9. The van der Waals surface area contributed by atoms with E-state index in [1.807, 2.05) is 47.5 Å². The molecule has 0 saturated heterocycles. The predicted octanol–water partition coefficient (Wildman–Crippen LogP) is 6.02. The van der Waals surface area contributed by atoms with Crippen LogP contribution in [0, 0.1) is 0 Å². The lowest BCUT2D eigenvalue weighted by molar-refractivity contribution is 0.0787. The fraction of sp³-hybridized carbons (Fsp3) is 0.250. The molecule has 2 aliphatic heterocycles. The van der Waals surface area contributed by atoms with Crippen molar-refractivity contribution in [1.29, 1.82) is 0 Å². The van der Waals surface area contributed by atoms with E-state index in [2.05, 4.69) is 75.2 Å². The van der Waals surface area contributed by atoms with Crippen LogP contribution < -0.4 is 4.90 Å². The summed E-state index contributed by atoms with van der Waals surface area (Å²) in [6, 6.07) is 24.9. The van der Waals surface area contributed by atoms with Crippen molar-refractivity contribution in [2.45, 2.75) is 38.3 Å². The van der Waals surface area contributed by atoms with Crippen LogP contribution in [-0.4, -0.2) is 23.9 Å². The van der Waals surface area contributed by atoms with Gasteiger partial charge in [-0.25, -0.2) is 0 Å². The van der Waals surface area contributed by atoms with Crippen molar-refractivity contribution in [2.24, 2.45) is 0 Å². The number of fused-ring (bicyclic) bond motifs is 2. The molecule has 0 N–H and O–H groups in total. The van der Waals surface area contributed by atoms with Gasteiger partial charge in [0.1, 0.15) is 0 Å². The summed E-state index contributed by atoms with van der Waals surface area (Å²) in [7, 11) is 2.17. The Bertz CT molecular complexity index is 1180. The summed E-state index contributed by atoms with van der Waals surface area (Å²) in [6.07, 6.45) is 3.98. The van der Waals surface area contributed by atoms with Crippen molar-refractivity contribution in [1.82, 2.24) is 4.90 Å². The second-order valence-electron chi connectivity index (χ2n) is 9.21. The first-order valence-corrected chi connectivity index (χ1v) is 10.9. The Labute approximate surface area is 184 Å². The molecule has 0 fully saturated rings. The molecule has 1 amide bonds. The monoisotopic (exact) mass is 408 g/mol. The summed E-state index contributed by atoms with van der Waals surface area (Å²) in [5, 5.41) is 0. The lowest BCUT2D eigenvalue weighted by Crippen LogP contribution is -2.36. The molecule has 3 aromatic carbocycles. The van der Waals surface area contributed by atoms with Gasteiger partial charge in [0.25, 0.3) is 5.91 Å². The van der Waals surface area contributed by atoms with Gasteiger partial charge in [-0.3, -0.25) is 4.79 Å². The minimum Gasteiger partial charge on any atom is -0.371 e. The van der Waals surface area contributed by atoms with Crippen molar-refractivity contribution in [3.05, 3.63) is 107 Å². The van der Waals surface area contributed by atoms with E-state index in [9.17, 15) is 4.79 Å². The zero-order valence-electron chi connectivity index (χ0n) is 18.5. The van der Waals surface area contributed by atoms with Gasteiger partial charge >= 0.3 is 0 Å². The maximum absolute atomic E-state index is 13.5. The van der Waals surface area contributed by atoms with Crippen molar-refractivity contribution in [3.63, 3.8) is 0 Å². The Morgan fingerprint density at radius 2 is 1.65 bits per heavy atom. The lowest BCUT2D eigenvalue weighted by Gasteiger charge is -2.34. The molecular weight excluding hydrogens is 380 g/mol. The standard InChI is InChI=1S/C28H28N2O/c1-19-28(2,3)24-18-22(14-15-25(24)29(19)4)26-23-13-9-8-10-20(23)16-17-30(26)27(31)21-11-6-5-7-12-21/h5-19,26H,1-4H3. The molecule has 0 spiro atoms. The normalized spacial score (nSPS) is 21.0. The highest BCUT2D eigenvalue weighted by Gasteiger charge is 2.41. The molecule has 0 bridgehead atoms. The third-order valence-corrected chi connectivity index (χ3v) is 7.27. The number of nitrogens with zero attached hydrogens (tertiary/aromatic N) is 2. The van der Waals surface area contributed by atoms with Gasteiger partial charge in [-0.15, -0.1) is 0 Å². The second-order valence-corrected chi connectivity index (χ2v) is 9.21. The predicted molar refractivity (Wildman–Crippen MR) is 127 cm³/mol. The number of benzene rings is 3. The van der Waals surface area contributed by atoms with Crippen LogP contribution in [0.3, 0.4) is 0 Å². The fourth-order valence-electron chi connectivity index (χ4n) is 5.03. The van der Waals surface area contributed by atoms with Gasteiger partial charge in [-0.05, 0) is 53.5 Å². The molecule has 2 unspecified atom stereocenters. The van der Waals surface area contributed by atoms with E-state index in [4.69, 9.17) is 0 Å². The molecule has 0 saturated carbocycles. The van der Waals surface area contributed by atoms with Crippen LogP contribution in [0.1, 0.15) is 59.4 Å². The van der Waals surface area contributed by atoms with Crippen LogP contribution in [0.5, 0.6) is 0 Å². The van der Waals surface area contributed by atoms with Crippen molar-refractivity contribution in [3.8, 4) is 0 Å². The molecule has 3 nitrogen and oxygen atoms in total. The van der Waals surface area contributed by atoms with Gasteiger partial charge in [0, 0.05) is 36.0 Å². The lowest BCUT2D eigenvalue weighted by atomic mass is 9.79. The third-order valence-electron chi connectivity index (χ3n) is 7.27. The quantitative estimate of drug-likeness (QED) is 0.518. The molecule has 2 heterocycles. The summed E-state index contributed by atoms with van der Waals surface area (Å²) in [4.78, 5) is 17.8. The highest BCUT2D eigenvalue weighted by atomic mass is 16.2. The summed E-state index contributed by atoms with van der Waals surface area (Å²) in [6.45, 7) is 6.90. The highest BCUT2D eigenvalue weighted by molar-refractivity contribution is 5.96. The molecule has 0 aromatic heterocycles. The van der Waals surface area contributed by atoms with Gasteiger partial charge in [0.05, 0.1) is 6.04 Å². The summed E-state index contributed by atoms with van der Waals surface area (Å²) in [5.41, 5.74) is 6.84. The van der Waals surface area contributed by atoms with Gasteiger partial charge < -0.3 is 9.80 Å². The van der Waals surface area contributed by atoms with Gasteiger partial charge in [0.15, 0.2) is 0 Å². The number of anilines is 1. The first-order chi connectivity index (χ1) is 14.9. The van der Waals surface area contributed by atoms with Crippen molar-refractivity contribution in [2.75, 3.05) is 11.9 Å². The summed E-state index contributed by atoms with van der Waals surface area (Å²) in [5.74, 6) is 0.0154. The van der Waals surface area contributed by atoms with E-state index in [1.54, 1.807) is 0 Å². The van der Waals surface area contributed by atoms with Crippen LogP contribution in [0.25, 0.3) is 6.08 Å². The van der Waals surface area contributed by atoms with Crippen molar-refractivity contribution < 1.29 is 4.79 Å². The third kappa shape index (κ3) is 2.99. The Morgan fingerprint density at radius 3 is 2.42 bits per heavy atom. The van der Waals surface area contributed by atoms with Crippen LogP contribution in [0.2, 0.25) is 0 Å². The van der Waals surface area contributed by atoms with Crippen LogP contribution in [0.4, 0.5) is 5.69 Å². The maximum atomic E-state index is 13.5. The van der Waals surface area contributed by atoms with E-state index >= 15 is 0 Å². The van der Waals surface area contributed by atoms with Gasteiger partial charge in [-0.1, -0.05) is 68.4 Å². The van der Waals surface area contributed by atoms with E-state index < -0.39 is 0 Å². The minimum atomic E-state index is -0.156. The first kappa shape index (κ1) is 19.6. The second kappa shape index (κ2) is 7.12. The van der Waals surface area contributed by atoms with Gasteiger partial charge in [-0.2, -0.15) is 0 Å². The molecule has 2 atom stereocenters. The smallest absolute Gasteiger partial charge is 0.258 e. The molecule has 31 heavy (non-hydrogen) atoms. The van der Waals surface area contributed by atoms with E-state index in [-0.39, 0.29) is 17.4 Å². The molecular formula is C28H28N2O. The zero-order chi connectivity index (χ0) is 21.8. The Kier molecular flexibility index (Phi) is 4.51. The minimum absolute atomic E-state index is 0.0154. The van der Waals surface area contributed by atoms with E-state index in [1.165, 1.54) is 11.3 Å². The number of carbonyl (C=O) groups excluding carboxylic acids is 1. The van der Waals surface area contributed by atoms with Crippen LogP contribution >= 0.6 is 0 Å². The Balaban J connectivity index is 1.66. The molecule has 3 aromatic rings. The topological polar surface area (TPSA) is 23.6 Å². The largest absolute Gasteiger partial charge is 0.371 e. The number of hydrogen-bond donors (Lipinski definition) is 0. The summed E-state index contributed by atoms with van der Waals surface area (Å²) < 4.78 is 0. The number of amides is 1. The van der Waals surface area contributed by atoms with Crippen LogP contribution in [-0.2, 0) is 5.41 Å². The maximum Gasteiger partial charge on any atom is 0.258 e. The fourth-order valence-corrected chi connectivity index (χ4v) is 5.03. The SMILES string of the molecule is CC1N(C)c2ccc(C3c4ccccc4C=CN3C(=O)c3ccccc3)cc2C1(C)C. The average Bonchev–Trinajstić information content (AvgIpc) is 2.98. The molecule has 3 heteroatoms. The molecule has 0 radical (unpaired) electrons. The molecule has 2 aliphatic rings. The average molecular weight is 409 g/mol. The Morgan fingerprint density at radius 1 is 0.935 bits per heavy atom. The highest BCUT2D eigenvalue weighted by Crippen LogP contribution is 2.46. The van der Waals surface area contributed by atoms with E-state index in [0.717, 1.165) is 16.7 Å². The number of carbonyl (C=O) groups is 1. The van der Waals surface area contributed by atoms with Crippen LogP contribution in [0.15, 0.2) is 79.0 Å². The number of hydrogen-bond acceptors (Lipinski definition) is 2. The Hall–Kier alpha value is -3.33. The summed E-state index contributed by atoms with van der Waals surface area (Å²) >= 11 is 0. The number of rotatable bonds is 2. The number of likely N-dealkylation sites (N-methyl/N-ethyl adjacent to an activating group) is 1. The molecule has 5 rings (SSSR count). The van der Waals surface area contributed by atoms with E-state index in [0.29, 0.717) is 11.6 Å².